The monoisotopic (exact) mass is 245 g/mol. The van der Waals surface area contributed by atoms with Crippen molar-refractivity contribution in [1.29, 1.82) is 0 Å². The van der Waals surface area contributed by atoms with Crippen LogP contribution in [0.1, 0.15) is 20.8 Å². The van der Waals surface area contributed by atoms with Crippen molar-refractivity contribution < 1.29 is 4.79 Å². The van der Waals surface area contributed by atoms with Crippen LogP contribution in [-0.2, 0) is 0 Å². The maximum absolute atomic E-state index is 11.3. The van der Waals surface area contributed by atoms with Crippen molar-refractivity contribution in [3.63, 3.8) is 0 Å². The van der Waals surface area contributed by atoms with E-state index >= 15 is 0 Å². The third kappa shape index (κ3) is 3.11. The quantitative estimate of drug-likeness (QED) is 0.534. The van der Waals surface area contributed by atoms with E-state index in [2.05, 4.69) is 0 Å². The molecule has 1 aromatic carbocycles. The lowest BCUT2D eigenvalue weighted by Crippen LogP contribution is -2.43. The van der Waals surface area contributed by atoms with E-state index in [0.29, 0.717) is 5.02 Å². The molecule has 0 aliphatic heterocycles. The fourth-order valence-electron chi connectivity index (χ4n) is 1.34. The van der Waals surface area contributed by atoms with E-state index in [4.69, 9.17) is 23.2 Å². The van der Waals surface area contributed by atoms with Gasteiger partial charge in [-0.1, -0.05) is 11.6 Å². The molecule has 0 aliphatic rings. The van der Waals surface area contributed by atoms with E-state index in [1.807, 2.05) is 20.8 Å². The lowest BCUT2D eigenvalue weighted by molar-refractivity contribution is 0.259. The first-order valence-corrected chi connectivity index (χ1v) is 5.33. The molecule has 0 unspecified atom stereocenters. The molecule has 0 saturated heterocycles. The highest BCUT2D eigenvalue weighted by atomic mass is 35.5. The van der Waals surface area contributed by atoms with Crippen molar-refractivity contribution in [1.82, 2.24) is 0 Å². The molecule has 0 bridgehead atoms. The van der Waals surface area contributed by atoms with E-state index in [1.165, 1.54) is 4.90 Å². The topological polar surface area (TPSA) is 20.3 Å². The van der Waals surface area contributed by atoms with Gasteiger partial charge in [0.15, 0.2) is 0 Å². The normalized spacial score (nSPS) is 11.3. The summed E-state index contributed by atoms with van der Waals surface area (Å²) in [5, 5.41) is 0.138. The summed E-state index contributed by atoms with van der Waals surface area (Å²) in [6.45, 7) is 5.76. The summed E-state index contributed by atoms with van der Waals surface area (Å²) < 4.78 is 0. The van der Waals surface area contributed by atoms with Crippen molar-refractivity contribution in [3.05, 3.63) is 29.3 Å². The highest BCUT2D eigenvalue weighted by Crippen LogP contribution is 2.26. The Morgan fingerprint density at radius 3 is 2.00 bits per heavy atom. The van der Waals surface area contributed by atoms with E-state index in [-0.39, 0.29) is 5.54 Å². The molecule has 0 saturated carbocycles. The van der Waals surface area contributed by atoms with Crippen LogP contribution in [0.15, 0.2) is 24.3 Å². The average Bonchev–Trinajstić information content (AvgIpc) is 2.05. The van der Waals surface area contributed by atoms with E-state index in [9.17, 15) is 4.79 Å². The van der Waals surface area contributed by atoms with Gasteiger partial charge in [0.25, 0.3) is 0 Å². The van der Waals surface area contributed by atoms with Gasteiger partial charge in [-0.3, -0.25) is 9.69 Å². The van der Waals surface area contributed by atoms with Gasteiger partial charge in [-0.25, -0.2) is 0 Å². The molecule has 0 N–H and O–H groups in total. The molecule has 1 aromatic rings. The molecule has 2 nitrogen and oxygen atoms in total. The lowest BCUT2D eigenvalue weighted by atomic mass is 10.1. The van der Waals surface area contributed by atoms with Crippen LogP contribution >= 0.6 is 23.2 Å². The Balaban J connectivity index is 3.11. The minimum atomic E-state index is -0.496. The van der Waals surface area contributed by atoms with Crippen LogP contribution in [0.4, 0.5) is 10.5 Å². The first-order valence-electron chi connectivity index (χ1n) is 4.57. The van der Waals surface area contributed by atoms with Crippen LogP contribution in [0.3, 0.4) is 0 Å². The summed E-state index contributed by atoms with van der Waals surface area (Å²) in [4.78, 5) is 12.9. The van der Waals surface area contributed by atoms with Gasteiger partial charge < -0.3 is 0 Å². The molecule has 0 heterocycles. The minimum absolute atomic E-state index is 0.355. The second-order valence-electron chi connectivity index (χ2n) is 4.24. The van der Waals surface area contributed by atoms with Crippen LogP contribution in [0.25, 0.3) is 0 Å². The largest absolute Gasteiger partial charge is 0.321 e. The summed E-state index contributed by atoms with van der Waals surface area (Å²) in [5.41, 5.74) is 0.388. The van der Waals surface area contributed by atoms with Gasteiger partial charge in [0.1, 0.15) is 0 Å². The van der Waals surface area contributed by atoms with Crippen LogP contribution < -0.4 is 4.90 Å². The van der Waals surface area contributed by atoms with E-state index in [0.717, 1.165) is 5.69 Å². The van der Waals surface area contributed by atoms with E-state index in [1.54, 1.807) is 24.3 Å². The van der Waals surface area contributed by atoms with Crippen molar-refractivity contribution in [2.45, 2.75) is 26.3 Å². The molecular weight excluding hydrogens is 233 g/mol. The summed E-state index contributed by atoms with van der Waals surface area (Å²) >= 11 is 11.3. The Hall–Kier alpha value is -0.730. The zero-order valence-electron chi connectivity index (χ0n) is 8.92. The number of nitrogens with zero attached hydrogens (tertiary/aromatic N) is 1. The number of hydrogen-bond donors (Lipinski definition) is 0. The number of hydrogen-bond acceptors (Lipinski definition) is 1. The number of benzene rings is 1. The maximum atomic E-state index is 11.3. The predicted molar refractivity (Wildman–Crippen MR) is 64.9 cm³/mol. The summed E-state index contributed by atoms with van der Waals surface area (Å²) in [5.74, 6) is 0. The highest BCUT2D eigenvalue weighted by molar-refractivity contribution is 6.66. The second-order valence-corrected chi connectivity index (χ2v) is 5.00. The molecule has 0 aliphatic carbocycles. The van der Waals surface area contributed by atoms with Gasteiger partial charge in [0, 0.05) is 16.2 Å². The molecule has 0 spiro atoms. The van der Waals surface area contributed by atoms with Gasteiger partial charge in [-0.05, 0) is 56.6 Å². The summed E-state index contributed by atoms with van der Waals surface area (Å²) in [7, 11) is 0. The van der Waals surface area contributed by atoms with Crippen LogP contribution in [0.2, 0.25) is 5.02 Å². The molecule has 0 atom stereocenters. The van der Waals surface area contributed by atoms with Gasteiger partial charge in [-0.15, -0.1) is 0 Å². The van der Waals surface area contributed by atoms with Gasteiger partial charge >= 0.3 is 5.37 Å². The van der Waals surface area contributed by atoms with Gasteiger partial charge in [0.2, 0.25) is 0 Å². The third-order valence-electron chi connectivity index (χ3n) is 1.93. The minimum Gasteiger partial charge on any atom is -0.294 e. The van der Waals surface area contributed by atoms with Crippen molar-refractivity contribution in [2.24, 2.45) is 0 Å². The molecular formula is C11H13Cl2NO. The molecule has 1 amide bonds. The fraction of sp³-hybridized carbons (Fsp3) is 0.364. The number of carbonyl (C=O) groups is 1. The van der Waals surface area contributed by atoms with Crippen LogP contribution in [0.5, 0.6) is 0 Å². The number of amides is 1. The summed E-state index contributed by atoms with van der Waals surface area (Å²) in [6.07, 6.45) is 0. The summed E-state index contributed by atoms with van der Waals surface area (Å²) in [6, 6.07) is 7.01. The maximum Gasteiger partial charge on any atom is 0.321 e. The highest BCUT2D eigenvalue weighted by Gasteiger charge is 2.26. The zero-order chi connectivity index (χ0) is 11.6. The first-order chi connectivity index (χ1) is 6.82. The van der Waals surface area contributed by atoms with Crippen LogP contribution in [0, 0.1) is 0 Å². The molecule has 0 fully saturated rings. The van der Waals surface area contributed by atoms with Crippen LogP contribution in [-0.4, -0.2) is 10.9 Å². The lowest BCUT2D eigenvalue weighted by Gasteiger charge is -2.33. The molecule has 0 aromatic heterocycles. The number of halogens is 2. The molecule has 15 heavy (non-hydrogen) atoms. The Morgan fingerprint density at radius 1 is 1.20 bits per heavy atom. The number of carbonyl (C=O) groups excluding carboxylic acids is 1. The Morgan fingerprint density at radius 2 is 1.67 bits per heavy atom. The Kier molecular flexibility index (Phi) is 3.63. The Labute approximate surface area is 99.8 Å². The first kappa shape index (κ1) is 12.3. The Bertz CT molecular complexity index is 354. The molecule has 0 radical (unpaired) electrons. The van der Waals surface area contributed by atoms with E-state index < -0.39 is 5.37 Å². The van der Waals surface area contributed by atoms with Crippen molar-refractivity contribution in [2.75, 3.05) is 4.90 Å². The molecule has 82 valence electrons. The zero-order valence-corrected chi connectivity index (χ0v) is 10.4. The van der Waals surface area contributed by atoms with Crippen molar-refractivity contribution >= 4 is 34.3 Å². The number of anilines is 1. The van der Waals surface area contributed by atoms with Gasteiger partial charge in [0.05, 0.1) is 0 Å². The van der Waals surface area contributed by atoms with Gasteiger partial charge in [-0.2, -0.15) is 0 Å². The molecule has 1 rings (SSSR count). The standard InChI is InChI=1S/C11H13Cl2NO/c1-11(2,3)14(10(13)15)9-6-4-8(12)5-7-9/h4-7H,1-3H3. The average molecular weight is 246 g/mol. The number of rotatable bonds is 1. The third-order valence-corrected chi connectivity index (χ3v) is 2.35. The van der Waals surface area contributed by atoms with Crippen molar-refractivity contribution in [3.8, 4) is 0 Å². The predicted octanol–water partition coefficient (Wildman–Crippen LogP) is 4.30. The fourth-order valence-corrected chi connectivity index (χ4v) is 1.82. The molecule has 4 heteroatoms. The second kappa shape index (κ2) is 4.42. The smallest absolute Gasteiger partial charge is 0.294 e. The SMILES string of the molecule is CC(C)(C)N(C(=O)Cl)c1ccc(Cl)cc1.